The summed E-state index contributed by atoms with van der Waals surface area (Å²) in [6.45, 7) is 4.91. The lowest BCUT2D eigenvalue weighted by atomic mass is 10.1. The predicted octanol–water partition coefficient (Wildman–Crippen LogP) is 2.23. The number of rotatable bonds is 8. The fourth-order valence-electron chi connectivity index (χ4n) is 1.86. The Morgan fingerprint density at radius 1 is 1.58 bits per heavy atom. The van der Waals surface area contributed by atoms with Gasteiger partial charge in [0.15, 0.2) is 0 Å². The van der Waals surface area contributed by atoms with E-state index in [-0.39, 0.29) is 18.7 Å². The van der Waals surface area contributed by atoms with Crippen LogP contribution < -0.4 is 5.32 Å². The molecule has 1 atom stereocenters. The number of aliphatic hydroxyl groups excluding tert-OH is 1. The molecule has 6 heteroatoms. The first kappa shape index (κ1) is 15.9. The van der Waals surface area contributed by atoms with Gasteiger partial charge in [-0.25, -0.2) is 9.78 Å². The Hall–Kier alpha value is -1.14. The van der Waals surface area contributed by atoms with Crippen LogP contribution in [0.4, 0.5) is 4.79 Å². The van der Waals surface area contributed by atoms with Crippen molar-refractivity contribution in [3.8, 4) is 0 Å². The fraction of sp³-hybridized carbons (Fsp3) is 0.692. The van der Waals surface area contributed by atoms with Crippen LogP contribution in [0.2, 0.25) is 0 Å². The fourth-order valence-corrected chi connectivity index (χ4v) is 2.49. The second kappa shape index (κ2) is 8.87. The highest BCUT2D eigenvalue weighted by molar-refractivity contribution is 7.09. The zero-order valence-electron chi connectivity index (χ0n) is 11.6. The van der Waals surface area contributed by atoms with Crippen molar-refractivity contribution < 1.29 is 9.90 Å². The Balaban J connectivity index is 2.56. The maximum Gasteiger partial charge on any atom is 0.318 e. The molecular formula is C13H23N3O2S. The van der Waals surface area contributed by atoms with Crippen LogP contribution in [0.5, 0.6) is 0 Å². The van der Waals surface area contributed by atoms with Gasteiger partial charge in [-0.2, -0.15) is 0 Å². The van der Waals surface area contributed by atoms with Gasteiger partial charge in [0.1, 0.15) is 5.01 Å². The summed E-state index contributed by atoms with van der Waals surface area (Å²) < 4.78 is 0. The number of aromatic nitrogens is 1. The first-order chi connectivity index (χ1) is 9.21. The zero-order chi connectivity index (χ0) is 14.1. The number of aliphatic hydroxyl groups is 1. The molecule has 1 rings (SSSR count). The minimum atomic E-state index is -0.121. The minimum Gasteiger partial charge on any atom is -0.395 e. The van der Waals surface area contributed by atoms with E-state index in [0.717, 1.165) is 24.3 Å². The molecular weight excluding hydrogens is 262 g/mol. The average Bonchev–Trinajstić information content (AvgIpc) is 2.90. The lowest BCUT2D eigenvalue weighted by Crippen LogP contribution is -2.45. The van der Waals surface area contributed by atoms with E-state index >= 15 is 0 Å². The molecule has 0 aliphatic heterocycles. The van der Waals surface area contributed by atoms with Crippen molar-refractivity contribution in [3.63, 3.8) is 0 Å². The van der Waals surface area contributed by atoms with Gasteiger partial charge >= 0.3 is 6.03 Å². The molecule has 1 heterocycles. The summed E-state index contributed by atoms with van der Waals surface area (Å²) in [4.78, 5) is 18.0. The van der Waals surface area contributed by atoms with Crippen LogP contribution in [0, 0.1) is 0 Å². The SMILES string of the molecule is CCCC(CC)NC(=O)N(CCO)Cc1nccs1. The quantitative estimate of drug-likeness (QED) is 0.769. The third-order valence-corrected chi connectivity index (χ3v) is 3.69. The summed E-state index contributed by atoms with van der Waals surface area (Å²) in [6.07, 6.45) is 4.67. The second-order valence-corrected chi connectivity index (χ2v) is 5.39. The van der Waals surface area contributed by atoms with Crippen LogP contribution in [-0.2, 0) is 6.54 Å². The van der Waals surface area contributed by atoms with E-state index in [0.29, 0.717) is 13.1 Å². The van der Waals surface area contributed by atoms with E-state index in [1.807, 2.05) is 5.38 Å². The molecule has 5 nitrogen and oxygen atoms in total. The normalized spacial score (nSPS) is 12.2. The predicted molar refractivity (Wildman–Crippen MR) is 77.1 cm³/mol. The standard InChI is InChI=1S/C13H23N3O2S/c1-3-5-11(4-2)15-13(18)16(7-8-17)10-12-14-6-9-19-12/h6,9,11,17H,3-5,7-8,10H2,1-2H3,(H,15,18). The van der Waals surface area contributed by atoms with E-state index < -0.39 is 0 Å². The van der Waals surface area contributed by atoms with Crippen LogP contribution in [0.15, 0.2) is 11.6 Å². The maximum absolute atomic E-state index is 12.2. The number of carbonyl (C=O) groups is 1. The molecule has 19 heavy (non-hydrogen) atoms. The van der Waals surface area contributed by atoms with Crippen LogP contribution in [0.25, 0.3) is 0 Å². The highest BCUT2D eigenvalue weighted by Crippen LogP contribution is 2.09. The third kappa shape index (κ3) is 5.57. The van der Waals surface area contributed by atoms with Crippen LogP contribution >= 0.6 is 11.3 Å². The van der Waals surface area contributed by atoms with E-state index in [4.69, 9.17) is 5.11 Å². The van der Waals surface area contributed by atoms with E-state index in [1.54, 1.807) is 11.1 Å². The highest BCUT2D eigenvalue weighted by atomic mass is 32.1. The lowest BCUT2D eigenvalue weighted by molar-refractivity contribution is 0.170. The number of nitrogens with zero attached hydrogens (tertiary/aromatic N) is 2. The molecule has 0 saturated heterocycles. The molecule has 0 saturated carbocycles. The highest BCUT2D eigenvalue weighted by Gasteiger charge is 2.17. The Kier molecular flexibility index (Phi) is 7.43. The number of hydrogen-bond acceptors (Lipinski definition) is 4. The molecule has 1 aromatic rings. The van der Waals surface area contributed by atoms with Gasteiger partial charge < -0.3 is 15.3 Å². The molecule has 108 valence electrons. The number of thiazole rings is 1. The Morgan fingerprint density at radius 2 is 2.37 bits per heavy atom. The van der Waals surface area contributed by atoms with Crippen molar-refractivity contribution in [2.45, 2.75) is 45.7 Å². The largest absolute Gasteiger partial charge is 0.395 e. The number of urea groups is 1. The summed E-state index contributed by atoms with van der Waals surface area (Å²) >= 11 is 1.52. The third-order valence-electron chi connectivity index (χ3n) is 2.92. The van der Waals surface area contributed by atoms with Gasteiger partial charge in [0, 0.05) is 24.2 Å². The number of nitrogens with one attached hydrogen (secondary N) is 1. The van der Waals surface area contributed by atoms with Gasteiger partial charge in [0.2, 0.25) is 0 Å². The van der Waals surface area contributed by atoms with Gasteiger partial charge in [-0.1, -0.05) is 20.3 Å². The Morgan fingerprint density at radius 3 is 2.89 bits per heavy atom. The van der Waals surface area contributed by atoms with Crippen LogP contribution in [0.3, 0.4) is 0 Å². The van der Waals surface area contributed by atoms with Crippen LogP contribution in [0.1, 0.15) is 38.1 Å². The zero-order valence-corrected chi connectivity index (χ0v) is 12.4. The lowest BCUT2D eigenvalue weighted by Gasteiger charge is -2.24. The van der Waals surface area contributed by atoms with Crippen molar-refractivity contribution >= 4 is 17.4 Å². The summed E-state index contributed by atoms with van der Waals surface area (Å²) in [5.41, 5.74) is 0. The molecule has 0 spiro atoms. The molecule has 0 aromatic carbocycles. The average molecular weight is 285 g/mol. The van der Waals surface area contributed by atoms with Crippen molar-refractivity contribution in [1.82, 2.24) is 15.2 Å². The molecule has 1 aromatic heterocycles. The molecule has 1 unspecified atom stereocenters. The minimum absolute atomic E-state index is 0.0383. The summed E-state index contributed by atoms with van der Waals surface area (Å²) in [5, 5.41) is 14.9. The molecule has 0 aliphatic carbocycles. The second-order valence-electron chi connectivity index (χ2n) is 4.41. The smallest absolute Gasteiger partial charge is 0.318 e. The maximum atomic E-state index is 12.2. The van der Waals surface area contributed by atoms with E-state index in [2.05, 4.69) is 24.1 Å². The van der Waals surface area contributed by atoms with E-state index in [9.17, 15) is 4.79 Å². The van der Waals surface area contributed by atoms with Gasteiger partial charge in [-0.05, 0) is 12.8 Å². The molecule has 0 aliphatic rings. The van der Waals surface area contributed by atoms with Gasteiger partial charge in [-0.3, -0.25) is 0 Å². The Bertz CT molecular complexity index is 357. The van der Waals surface area contributed by atoms with Crippen LogP contribution in [-0.4, -0.2) is 40.2 Å². The van der Waals surface area contributed by atoms with Gasteiger partial charge in [-0.15, -0.1) is 11.3 Å². The van der Waals surface area contributed by atoms with Gasteiger partial charge in [0.05, 0.1) is 13.2 Å². The van der Waals surface area contributed by atoms with Crippen molar-refractivity contribution in [1.29, 1.82) is 0 Å². The number of hydrogen-bond donors (Lipinski definition) is 2. The summed E-state index contributed by atoms with van der Waals surface area (Å²) in [7, 11) is 0. The van der Waals surface area contributed by atoms with Crippen molar-refractivity contribution in [2.24, 2.45) is 0 Å². The summed E-state index contributed by atoms with van der Waals surface area (Å²) in [5.74, 6) is 0. The molecule has 2 N–H and O–H groups in total. The first-order valence-corrected chi connectivity index (χ1v) is 7.63. The monoisotopic (exact) mass is 285 g/mol. The Labute approximate surface area is 118 Å². The van der Waals surface area contributed by atoms with Gasteiger partial charge in [0.25, 0.3) is 0 Å². The van der Waals surface area contributed by atoms with Crippen molar-refractivity contribution in [2.75, 3.05) is 13.2 Å². The topological polar surface area (TPSA) is 65.5 Å². The molecule has 0 bridgehead atoms. The number of amides is 2. The molecule has 0 fully saturated rings. The summed E-state index contributed by atoms with van der Waals surface area (Å²) in [6, 6.07) is 0.0829. The molecule has 0 radical (unpaired) electrons. The van der Waals surface area contributed by atoms with E-state index in [1.165, 1.54) is 11.3 Å². The first-order valence-electron chi connectivity index (χ1n) is 6.75. The number of carbonyl (C=O) groups excluding carboxylic acids is 1. The van der Waals surface area contributed by atoms with Crippen molar-refractivity contribution in [3.05, 3.63) is 16.6 Å². The molecule has 2 amide bonds.